The van der Waals surface area contributed by atoms with Gasteiger partial charge in [0.15, 0.2) is 0 Å². The van der Waals surface area contributed by atoms with E-state index in [1.165, 1.54) is 11.1 Å². The fraction of sp³-hybridized carbons (Fsp3) is 0.429. The topological polar surface area (TPSA) is 42.7 Å². The number of hydrogen-bond donors (Lipinski definition) is 1. The zero-order chi connectivity index (χ0) is 13.0. The van der Waals surface area contributed by atoms with Gasteiger partial charge in [0.05, 0.1) is 12.7 Å². The van der Waals surface area contributed by atoms with Crippen LogP contribution >= 0.6 is 0 Å². The third-order valence-corrected chi connectivity index (χ3v) is 2.98. The lowest BCUT2D eigenvalue weighted by Gasteiger charge is -2.14. The molecule has 4 nitrogen and oxygen atoms in total. The Kier molecular flexibility index (Phi) is 4.10. The highest BCUT2D eigenvalue weighted by atomic mass is 15.3. The summed E-state index contributed by atoms with van der Waals surface area (Å²) in [6, 6.07) is 4.47. The van der Waals surface area contributed by atoms with Crippen LogP contribution in [0.4, 0.5) is 0 Å². The van der Waals surface area contributed by atoms with E-state index in [0.717, 1.165) is 18.8 Å². The van der Waals surface area contributed by atoms with Crippen LogP contribution in [0, 0.1) is 13.8 Å². The standard InChI is InChI=1S/C14H20N4/c1-11-7-17-18(9-11)10-12(2)16-8-14-5-4-6-15-13(14)3/h4-7,9,12,16H,8,10H2,1-3H3/t12-/m0/s1. The molecule has 0 aliphatic rings. The van der Waals surface area contributed by atoms with Crippen molar-refractivity contribution in [2.24, 2.45) is 0 Å². The highest BCUT2D eigenvalue weighted by molar-refractivity contribution is 5.17. The minimum Gasteiger partial charge on any atom is -0.308 e. The van der Waals surface area contributed by atoms with Gasteiger partial charge in [-0.2, -0.15) is 5.10 Å². The van der Waals surface area contributed by atoms with Crippen molar-refractivity contribution < 1.29 is 0 Å². The van der Waals surface area contributed by atoms with E-state index in [2.05, 4.69) is 41.5 Å². The Balaban J connectivity index is 1.85. The molecular formula is C14H20N4. The van der Waals surface area contributed by atoms with Gasteiger partial charge in [0.1, 0.15) is 0 Å². The zero-order valence-electron chi connectivity index (χ0n) is 11.2. The van der Waals surface area contributed by atoms with Gasteiger partial charge >= 0.3 is 0 Å². The van der Waals surface area contributed by atoms with E-state index in [0.29, 0.717) is 6.04 Å². The molecule has 4 heteroatoms. The van der Waals surface area contributed by atoms with Crippen LogP contribution in [0.25, 0.3) is 0 Å². The first kappa shape index (κ1) is 12.8. The third kappa shape index (κ3) is 3.40. The Morgan fingerprint density at radius 3 is 2.89 bits per heavy atom. The van der Waals surface area contributed by atoms with Crippen LogP contribution in [0.15, 0.2) is 30.7 Å². The zero-order valence-corrected chi connectivity index (χ0v) is 11.2. The summed E-state index contributed by atoms with van der Waals surface area (Å²) in [4.78, 5) is 4.29. The fourth-order valence-corrected chi connectivity index (χ4v) is 1.90. The second kappa shape index (κ2) is 5.78. The van der Waals surface area contributed by atoms with E-state index in [4.69, 9.17) is 0 Å². The maximum atomic E-state index is 4.29. The number of aromatic nitrogens is 3. The normalized spacial score (nSPS) is 12.6. The highest BCUT2D eigenvalue weighted by Crippen LogP contribution is 2.04. The minimum absolute atomic E-state index is 0.379. The van der Waals surface area contributed by atoms with E-state index in [1.54, 1.807) is 0 Å². The monoisotopic (exact) mass is 244 g/mol. The van der Waals surface area contributed by atoms with Crippen molar-refractivity contribution >= 4 is 0 Å². The molecule has 0 aromatic carbocycles. The first-order valence-corrected chi connectivity index (χ1v) is 6.28. The Morgan fingerprint density at radius 2 is 2.22 bits per heavy atom. The lowest BCUT2D eigenvalue weighted by Crippen LogP contribution is -2.30. The first-order valence-electron chi connectivity index (χ1n) is 6.28. The van der Waals surface area contributed by atoms with Crippen LogP contribution in [-0.2, 0) is 13.1 Å². The Labute approximate surface area is 108 Å². The predicted molar refractivity (Wildman–Crippen MR) is 72.2 cm³/mol. The van der Waals surface area contributed by atoms with Crippen LogP contribution in [0.3, 0.4) is 0 Å². The van der Waals surface area contributed by atoms with Crippen molar-refractivity contribution in [1.82, 2.24) is 20.1 Å². The van der Waals surface area contributed by atoms with Gasteiger partial charge in [-0.25, -0.2) is 0 Å². The second-order valence-corrected chi connectivity index (χ2v) is 4.77. The van der Waals surface area contributed by atoms with Crippen molar-refractivity contribution in [1.29, 1.82) is 0 Å². The summed E-state index contributed by atoms with van der Waals surface area (Å²) in [5.74, 6) is 0. The largest absolute Gasteiger partial charge is 0.308 e. The molecule has 0 saturated heterocycles. The summed E-state index contributed by atoms with van der Waals surface area (Å²) in [7, 11) is 0. The Morgan fingerprint density at radius 1 is 1.39 bits per heavy atom. The summed E-state index contributed by atoms with van der Waals surface area (Å²) < 4.78 is 1.98. The molecule has 2 aromatic heterocycles. The quantitative estimate of drug-likeness (QED) is 0.875. The van der Waals surface area contributed by atoms with Crippen molar-refractivity contribution in [3.8, 4) is 0 Å². The van der Waals surface area contributed by atoms with Gasteiger partial charge in [-0.1, -0.05) is 6.07 Å². The molecule has 0 fully saturated rings. The predicted octanol–water partition coefficient (Wildman–Crippen LogP) is 2.07. The van der Waals surface area contributed by atoms with Gasteiger partial charge < -0.3 is 5.32 Å². The van der Waals surface area contributed by atoms with E-state index >= 15 is 0 Å². The van der Waals surface area contributed by atoms with E-state index < -0.39 is 0 Å². The highest BCUT2D eigenvalue weighted by Gasteiger charge is 2.05. The number of aryl methyl sites for hydroxylation is 2. The SMILES string of the molecule is Cc1cnn(C[C@H](C)NCc2cccnc2C)c1. The number of nitrogens with zero attached hydrogens (tertiary/aromatic N) is 3. The molecule has 0 bridgehead atoms. The molecule has 0 saturated carbocycles. The number of nitrogens with one attached hydrogen (secondary N) is 1. The fourth-order valence-electron chi connectivity index (χ4n) is 1.90. The maximum Gasteiger partial charge on any atom is 0.0560 e. The van der Waals surface area contributed by atoms with Gasteiger partial charge in [-0.05, 0) is 38.0 Å². The van der Waals surface area contributed by atoms with Crippen molar-refractivity contribution in [2.45, 2.75) is 39.9 Å². The number of pyridine rings is 1. The minimum atomic E-state index is 0.379. The van der Waals surface area contributed by atoms with Crippen LogP contribution in [0.2, 0.25) is 0 Å². The summed E-state index contributed by atoms with van der Waals surface area (Å²) >= 11 is 0. The average molecular weight is 244 g/mol. The van der Waals surface area contributed by atoms with Gasteiger partial charge in [-0.15, -0.1) is 0 Å². The molecule has 0 spiro atoms. The van der Waals surface area contributed by atoms with Gasteiger partial charge in [-0.3, -0.25) is 9.67 Å². The van der Waals surface area contributed by atoms with E-state index in [1.807, 2.05) is 30.1 Å². The number of rotatable bonds is 5. The third-order valence-electron chi connectivity index (χ3n) is 2.98. The maximum absolute atomic E-state index is 4.29. The molecule has 2 heterocycles. The van der Waals surface area contributed by atoms with E-state index in [9.17, 15) is 0 Å². The van der Waals surface area contributed by atoms with Gasteiger partial charge in [0, 0.05) is 30.7 Å². The summed E-state index contributed by atoms with van der Waals surface area (Å²) in [6.45, 7) is 8.00. The smallest absolute Gasteiger partial charge is 0.0560 e. The molecule has 0 aliphatic carbocycles. The Hall–Kier alpha value is -1.68. The lowest BCUT2D eigenvalue weighted by molar-refractivity contribution is 0.450. The lowest BCUT2D eigenvalue weighted by atomic mass is 10.2. The van der Waals surface area contributed by atoms with Crippen molar-refractivity contribution in [3.05, 3.63) is 47.5 Å². The molecular weight excluding hydrogens is 224 g/mol. The Bertz CT molecular complexity index is 504. The van der Waals surface area contributed by atoms with Crippen LogP contribution in [-0.4, -0.2) is 20.8 Å². The van der Waals surface area contributed by atoms with Crippen molar-refractivity contribution in [3.63, 3.8) is 0 Å². The van der Waals surface area contributed by atoms with E-state index in [-0.39, 0.29) is 0 Å². The van der Waals surface area contributed by atoms with Gasteiger partial charge in [0.25, 0.3) is 0 Å². The van der Waals surface area contributed by atoms with Gasteiger partial charge in [0.2, 0.25) is 0 Å². The molecule has 2 rings (SSSR count). The molecule has 0 unspecified atom stereocenters. The van der Waals surface area contributed by atoms with Crippen molar-refractivity contribution in [2.75, 3.05) is 0 Å². The summed E-state index contributed by atoms with van der Waals surface area (Å²) in [6.07, 6.45) is 5.78. The number of hydrogen-bond acceptors (Lipinski definition) is 3. The average Bonchev–Trinajstić information content (AvgIpc) is 2.74. The molecule has 2 aromatic rings. The van der Waals surface area contributed by atoms with Crippen LogP contribution < -0.4 is 5.32 Å². The van der Waals surface area contributed by atoms with Crippen LogP contribution in [0.5, 0.6) is 0 Å². The molecule has 96 valence electrons. The molecule has 1 N–H and O–H groups in total. The molecule has 0 radical (unpaired) electrons. The first-order chi connectivity index (χ1) is 8.65. The molecule has 0 aliphatic heterocycles. The summed E-state index contributed by atoms with van der Waals surface area (Å²) in [5.41, 5.74) is 3.54. The molecule has 1 atom stereocenters. The second-order valence-electron chi connectivity index (χ2n) is 4.77. The molecule has 0 amide bonds. The molecule has 18 heavy (non-hydrogen) atoms. The van der Waals surface area contributed by atoms with Crippen LogP contribution in [0.1, 0.15) is 23.7 Å². The summed E-state index contributed by atoms with van der Waals surface area (Å²) in [5, 5.41) is 7.79.